The molecule has 0 fully saturated rings. The summed E-state index contributed by atoms with van der Waals surface area (Å²) in [5, 5.41) is 15.6. The molecule has 106 valence electrons. The summed E-state index contributed by atoms with van der Waals surface area (Å²) in [4.78, 5) is 11.0. The molecule has 5 heteroatoms. The molecule has 0 radical (unpaired) electrons. The first-order chi connectivity index (χ1) is 9.25. The van der Waals surface area contributed by atoms with Gasteiger partial charge in [-0.1, -0.05) is 18.2 Å². The summed E-state index contributed by atoms with van der Waals surface area (Å²) >= 11 is 0. The van der Waals surface area contributed by atoms with Crippen LogP contribution in [0.5, 0.6) is 0 Å². The zero-order valence-electron chi connectivity index (χ0n) is 11.2. The highest BCUT2D eigenvalue weighted by molar-refractivity contribution is 5.89. The van der Waals surface area contributed by atoms with Crippen molar-refractivity contribution in [1.82, 2.24) is 10.6 Å². The Labute approximate surface area is 114 Å². The van der Waals surface area contributed by atoms with Crippen molar-refractivity contribution in [3.05, 3.63) is 35.4 Å². The first-order valence-corrected chi connectivity index (χ1v) is 6.68. The second-order valence-corrected chi connectivity index (χ2v) is 4.38. The van der Waals surface area contributed by atoms with Gasteiger partial charge in [-0.15, -0.1) is 0 Å². The number of hydrogen-bond donors (Lipinski definition) is 4. The quantitative estimate of drug-likeness (QED) is 0.470. The Morgan fingerprint density at radius 3 is 2.53 bits per heavy atom. The van der Waals surface area contributed by atoms with E-state index in [0.717, 1.165) is 44.6 Å². The molecule has 0 spiro atoms. The Morgan fingerprint density at radius 2 is 1.79 bits per heavy atom. The van der Waals surface area contributed by atoms with Crippen molar-refractivity contribution >= 4 is 5.97 Å². The lowest BCUT2D eigenvalue weighted by molar-refractivity contribution is 0.0695. The van der Waals surface area contributed by atoms with Crippen molar-refractivity contribution in [2.45, 2.75) is 19.4 Å². The maximum Gasteiger partial charge on any atom is 0.336 e. The highest BCUT2D eigenvalue weighted by Gasteiger charge is 2.07. The highest BCUT2D eigenvalue weighted by atomic mass is 16.4. The maximum absolute atomic E-state index is 11.0. The van der Waals surface area contributed by atoms with E-state index < -0.39 is 5.97 Å². The van der Waals surface area contributed by atoms with E-state index in [9.17, 15) is 4.79 Å². The number of nitrogens with two attached hydrogens (primary N) is 1. The van der Waals surface area contributed by atoms with Crippen molar-refractivity contribution in [2.24, 2.45) is 5.73 Å². The largest absolute Gasteiger partial charge is 0.478 e. The summed E-state index contributed by atoms with van der Waals surface area (Å²) in [5.74, 6) is -0.874. The fourth-order valence-corrected chi connectivity index (χ4v) is 1.80. The van der Waals surface area contributed by atoms with Gasteiger partial charge in [0.05, 0.1) is 5.56 Å². The summed E-state index contributed by atoms with van der Waals surface area (Å²) in [6, 6.07) is 7.08. The van der Waals surface area contributed by atoms with Gasteiger partial charge in [-0.05, 0) is 50.7 Å². The maximum atomic E-state index is 11.0. The first kappa shape index (κ1) is 15.6. The van der Waals surface area contributed by atoms with Crippen LogP contribution in [0.25, 0.3) is 0 Å². The van der Waals surface area contributed by atoms with Crippen LogP contribution in [0.2, 0.25) is 0 Å². The third kappa shape index (κ3) is 6.33. The Hall–Kier alpha value is -1.43. The SMILES string of the molecule is NCCCNCCCNCc1ccccc1C(=O)O. The van der Waals surface area contributed by atoms with E-state index in [1.54, 1.807) is 12.1 Å². The van der Waals surface area contributed by atoms with Gasteiger partial charge in [0.15, 0.2) is 0 Å². The number of carbonyl (C=O) groups is 1. The molecule has 0 aliphatic rings. The van der Waals surface area contributed by atoms with Crippen LogP contribution in [0.3, 0.4) is 0 Å². The van der Waals surface area contributed by atoms with E-state index in [1.165, 1.54) is 0 Å². The van der Waals surface area contributed by atoms with Gasteiger partial charge in [0, 0.05) is 6.54 Å². The third-order valence-corrected chi connectivity index (χ3v) is 2.83. The van der Waals surface area contributed by atoms with Gasteiger partial charge in [-0.25, -0.2) is 4.79 Å². The van der Waals surface area contributed by atoms with Gasteiger partial charge < -0.3 is 21.5 Å². The van der Waals surface area contributed by atoms with E-state index in [-0.39, 0.29) is 0 Å². The second kappa shape index (κ2) is 9.49. The van der Waals surface area contributed by atoms with Crippen molar-refractivity contribution in [2.75, 3.05) is 26.2 Å². The topological polar surface area (TPSA) is 87.4 Å². The first-order valence-electron chi connectivity index (χ1n) is 6.68. The molecular formula is C14H23N3O2. The number of hydrogen-bond acceptors (Lipinski definition) is 4. The minimum absolute atomic E-state index is 0.371. The molecule has 19 heavy (non-hydrogen) atoms. The fourth-order valence-electron chi connectivity index (χ4n) is 1.80. The minimum Gasteiger partial charge on any atom is -0.478 e. The molecule has 5 N–H and O–H groups in total. The minimum atomic E-state index is -0.874. The van der Waals surface area contributed by atoms with Crippen LogP contribution in [0, 0.1) is 0 Å². The zero-order valence-corrected chi connectivity index (χ0v) is 11.2. The Balaban J connectivity index is 2.17. The van der Waals surface area contributed by atoms with Crippen LogP contribution in [0.4, 0.5) is 0 Å². The van der Waals surface area contributed by atoms with Crippen LogP contribution in [0.15, 0.2) is 24.3 Å². The van der Waals surface area contributed by atoms with Crippen molar-refractivity contribution in [3.63, 3.8) is 0 Å². The average Bonchev–Trinajstić information content (AvgIpc) is 2.42. The van der Waals surface area contributed by atoms with Crippen LogP contribution < -0.4 is 16.4 Å². The lowest BCUT2D eigenvalue weighted by Crippen LogP contribution is -2.24. The number of nitrogens with one attached hydrogen (secondary N) is 2. The van der Waals surface area contributed by atoms with Crippen LogP contribution in [-0.4, -0.2) is 37.3 Å². The number of carboxylic acids is 1. The van der Waals surface area contributed by atoms with Crippen LogP contribution >= 0.6 is 0 Å². The van der Waals surface area contributed by atoms with E-state index in [1.807, 2.05) is 12.1 Å². The molecule has 0 heterocycles. The summed E-state index contributed by atoms with van der Waals surface area (Å²) in [7, 11) is 0. The Kier molecular flexibility index (Phi) is 7.81. The molecule has 0 saturated carbocycles. The molecule has 0 amide bonds. The van der Waals surface area contributed by atoms with Crippen molar-refractivity contribution in [3.8, 4) is 0 Å². The summed E-state index contributed by atoms with van der Waals surface area (Å²) < 4.78 is 0. The van der Waals surface area contributed by atoms with Gasteiger partial charge in [-0.3, -0.25) is 0 Å². The molecule has 1 rings (SSSR count). The van der Waals surface area contributed by atoms with Crippen LogP contribution in [-0.2, 0) is 6.54 Å². The van der Waals surface area contributed by atoms with E-state index in [0.29, 0.717) is 12.1 Å². The smallest absolute Gasteiger partial charge is 0.336 e. The Bertz CT molecular complexity index is 383. The highest BCUT2D eigenvalue weighted by Crippen LogP contribution is 2.08. The monoisotopic (exact) mass is 265 g/mol. The standard InChI is InChI=1S/C14H23N3O2/c15-7-3-8-16-9-4-10-17-11-12-5-1-2-6-13(12)14(18)19/h1-2,5-6,16-17H,3-4,7-11,15H2,(H,18,19). The summed E-state index contributed by atoms with van der Waals surface area (Å²) in [5.41, 5.74) is 6.59. The number of rotatable bonds is 10. The van der Waals surface area contributed by atoms with E-state index in [2.05, 4.69) is 10.6 Å². The fraction of sp³-hybridized carbons (Fsp3) is 0.500. The molecular weight excluding hydrogens is 242 g/mol. The molecule has 0 aliphatic carbocycles. The zero-order chi connectivity index (χ0) is 13.9. The molecule has 1 aromatic rings. The summed E-state index contributed by atoms with van der Waals surface area (Å²) in [6.45, 7) is 4.08. The number of aromatic carboxylic acids is 1. The van der Waals surface area contributed by atoms with Crippen LogP contribution in [0.1, 0.15) is 28.8 Å². The van der Waals surface area contributed by atoms with Gasteiger partial charge in [0.1, 0.15) is 0 Å². The number of carboxylic acid groups (broad SMARTS) is 1. The predicted molar refractivity (Wildman–Crippen MR) is 76.3 cm³/mol. The molecule has 0 aromatic heterocycles. The lowest BCUT2D eigenvalue weighted by atomic mass is 10.1. The van der Waals surface area contributed by atoms with Gasteiger partial charge in [0.25, 0.3) is 0 Å². The normalized spacial score (nSPS) is 10.6. The molecule has 0 unspecified atom stereocenters. The van der Waals surface area contributed by atoms with Crippen molar-refractivity contribution < 1.29 is 9.90 Å². The molecule has 0 bridgehead atoms. The van der Waals surface area contributed by atoms with Crippen molar-refractivity contribution in [1.29, 1.82) is 0 Å². The van der Waals surface area contributed by atoms with Gasteiger partial charge >= 0.3 is 5.97 Å². The third-order valence-electron chi connectivity index (χ3n) is 2.83. The lowest BCUT2D eigenvalue weighted by Gasteiger charge is -2.08. The molecule has 0 atom stereocenters. The molecule has 1 aromatic carbocycles. The second-order valence-electron chi connectivity index (χ2n) is 4.38. The number of benzene rings is 1. The average molecular weight is 265 g/mol. The Morgan fingerprint density at radius 1 is 1.11 bits per heavy atom. The molecule has 5 nitrogen and oxygen atoms in total. The van der Waals surface area contributed by atoms with Gasteiger partial charge in [-0.2, -0.15) is 0 Å². The van der Waals surface area contributed by atoms with E-state index >= 15 is 0 Å². The summed E-state index contributed by atoms with van der Waals surface area (Å²) in [6.07, 6.45) is 2.01. The predicted octanol–water partition coefficient (Wildman–Crippen LogP) is 0.803. The molecule has 0 aliphatic heterocycles. The van der Waals surface area contributed by atoms with Gasteiger partial charge in [0.2, 0.25) is 0 Å². The molecule has 0 saturated heterocycles. The van der Waals surface area contributed by atoms with E-state index in [4.69, 9.17) is 10.8 Å².